The van der Waals surface area contributed by atoms with Crippen LogP contribution >= 0.6 is 0 Å². The molecule has 0 amide bonds. The Kier molecular flexibility index (Phi) is 7.15. The van der Waals surface area contributed by atoms with E-state index in [0.29, 0.717) is 0 Å². The molecule has 206 valence electrons. The third kappa shape index (κ3) is 4.62. The van der Waals surface area contributed by atoms with Gasteiger partial charge in [-0.1, -0.05) is 105 Å². The van der Waals surface area contributed by atoms with E-state index in [-0.39, 0.29) is 11.7 Å². The third-order valence-corrected chi connectivity index (χ3v) is 9.90. The second-order valence-corrected chi connectivity index (χ2v) is 11.9. The van der Waals surface area contributed by atoms with E-state index in [1.54, 1.807) is 0 Å². The Morgan fingerprint density at radius 2 is 1.02 bits per heavy atom. The smallest absolute Gasteiger partial charge is 0.142 e. The normalized spacial score (nSPS) is 18.2. The highest BCUT2D eigenvalue weighted by molar-refractivity contribution is 5.83. The summed E-state index contributed by atoms with van der Waals surface area (Å²) in [6, 6.07) is 44.4. The van der Waals surface area contributed by atoms with Gasteiger partial charge in [0.05, 0.1) is 7.05 Å². The lowest BCUT2D eigenvalue weighted by Crippen LogP contribution is -2.67. The van der Waals surface area contributed by atoms with Crippen LogP contribution in [-0.2, 0) is 6.42 Å². The van der Waals surface area contributed by atoms with E-state index >= 15 is 0 Å². The van der Waals surface area contributed by atoms with Crippen molar-refractivity contribution in [3.63, 3.8) is 0 Å². The van der Waals surface area contributed by atoms with Crippen LogP contribution < -0.4 is 10.2 Å². The first kappa shape index (κ1) is 27.2. The molecule has 1 heterocycles. The fourth-order valence-corrected chi connectivity index (χ4v) is 7.17. The SMILES string of the molecule is CCC1(CC)Cc2ccc(-c3cccc(-c4cc(-c5ccccc5)cc(-c5ccccc5)c4)c3)cc2[N+]1(C)C(C)N. The zero-order chi connectivity index (χ0) is 28.6. The van der Waals surface area contributed by atoms with Crippen molar-refractivity contribution in [1.29, 1.82) is 0 Å². The fraction of sp³-hybridized carbons (Fsp3) is 0.231. The van der Waals surface area contributed by atoms with Gasteiger partial charge in [-0.3, -0.25) is 10.2 Å². The quantitative estimate of drug-likeness (QED) is 0.205. The summed E-state index contributed by atoms with van der Waals surface area (Å²) >= 11 is 0. The van der Waals surface area contributed by atoms with E-state index in [2.05, 4.69) is 149 Å². The number of rotatable bonds is 7. The summed E-state index contributed by atoms with van der Waals surface area (Å²) in [5.74, 6) is 0. The Bertz CT molecular complexity index is 1610. The zero-order valence-electron chi connectivity index (χ0n) is 24.8. The number of likely N-dealkylation sites (N-methyl/N-ethyl adjacent to an activating group) is 1. The van der Waals surface area contributed by atoms with E-state index in [4.69, 9.17) is 5.73 Å². The van der Waals surface area contributed by atoms with E-state index in [1.165, 1.54) is 55.8 Å². The maximum atomic E-state index is 6.76. The summed E-state index contributed by atoms with van der Waals surface area (Å²) in [6.07, 6.45) is 3.34. The molecule has 0 bridgehead atoms. The highest BCUT2D eigenvalue weighted by Gasteiger charge is 2.55. The molecular weight excluding hydrogens is 496 g/mol. The minimum Gasteiger partial charge on any atom is -0.282 e. The van der Waals surface area contributed by atoms with Crippen LogP contribution in [0, 0.1) is 0 Å². The molecule has 2 N–H and O–H groups in total. The molecule has 1 aliphatic rings. The van der Waals surface area contributed by atoms with E-state index < -0.39 is 0 Å². The molecule has 2 atom stereocenters. The van der Waals surface area contributed by atoms with Crippen LogP contribution in [0.3, 0.4) is 0 Å². The average Bonchev–Trinajstić information content (AvgIpc) is 3.30. The summed E-state index contributed by atoms with van der Waals surface area (Å²) in [7, 11) is 2.35. The highest BCUT2D eigenvalue weighted by atomic mass is 15.5. The van der Waals surface area contributed by atoms with Crippen molar-refractivity contribution in [2.75, 3.05) is 7.05 Å². The standard InChI is InChI=1S/C39H41N2/c1-5-39(6-2)27-34-21-20-33(26-38(34)41(39,4)28(3)40)31-18-13-19-32(22-31)37-24-35(29-14-9-7-10-15-29)23-36(25-37)30-16-11-8-12-17-30/h7-26,28H,5-6,27,40H2,1-4H3/q+1. The summed E-state index contributed by atoms with van der Waals surface area (Å²) in [6.45, 7) is 6.82. The van der Waals surface area contributed by atoms with Gasteiger partial charge in [-0.2, -0.15) is 0 Å². The molecule has 1 aliphatic heterocycles. The number of quaternary nitrogens is 1. The molecule has 41 heavy (non-hydrogen) atoms. The third-order valence-electron chi connectivity index (χ3n) is 9.90. The molecule has 2 nitrogen and oxygen atoms in total. The minimum atomic E-state index is 0.0230. The Morgan fingerprint density at radius 3 is 1.54 bits per heavy atom. The van der Waals surface area contributed by atoms with E-state index in [9.17, 15) is 0 Å². The second kappa shape index (κ2) is 10.8. The number of nitrogens with two attached hydrogens (primary N) is 1. The van der Waals surface area contributed by atoms with Gasteiger partial charge < -0.3 is 0 Å². The average molecular weight is 538 g/mol. The van der Waals surface area contributed by atoms with Gasteiger partial charge in [0.15, 0.2) is 0 Å². The molecule has 0 aliphatic carbocycles. The van der Waals surface area contributed by atoms with Crippen molar-refractivity contribution < 1.29 is 0 Å². The van der Waals surface area contributed by atoms with Gasteiger partial charge in [0.2, 0.25) is 0 Å². The van der Waals surface area contributed by atoms with E-state index in [0.717, 1.165) is 23.7 Å². The van der Waals surface area contributed by atoms with Crippen molar-refractivity contribution in [2.24, 2.45) is 5.73 Å². The van der Waals surface area contributed by atoms with Crippen molar-refractivity contribution in [3.05, 3.63) is 127 Å². The Balaban J connectivity index is 1.45. The number of nitrogens with zero attached hydrogens (tertiary/aromatic N) is 1. The first-order valence-electron chi connectivity index (χ1n) is 15.0. The van der Waals surface area contributed by atoms with Gasteiger partial charge in [-0.25, -0.2) is 0 Å². The van der Waals surface area contributed by atoms with Gasteiger partial charge in [0.25, 0.3) is 0 Å². The van der Waals surface area contributed by atoms with Crippen molar-refractivity contribution in [2.45, 2.75) is 51.7 Å². The summed E-state index contributed by atoms with van der Waals surface area (Å²) in [5, 5.41) is 0. The molecule has 5 aromatic rings. The van der Waals surface area contributed by atoms with Crippen LogP contribution in [0.4, 0.5) is 5.69 Å². The molecule has 0 saturated heterocycles. The maximum absolute atomic E-state index is 6.76. The second-order valence-electron chi connectivity index (χ2n) is 11.9. The molecular formula is C39H41N2+. The number of fused-ring (bicyclic) bond motifs is 1. The summed E-state index contributed by atoms with van der Waals surface area (Å²) in [5.41, 5.74) is 19.6. The molecule has 0 spiro atoms. The number of hydrogen-bond acceptors (Lipinski definition) is 1. The van der Waals surface area contributed by atoms with Gasteiger partial charge >= 0.3 is 0 Å². The largest absolute Gasteiger partial charge is 0.282 e. The Labute approximate surface area is 245 Å². The van der Waals surface area contributed by atoms with Crippen LogP contribution in [0.2, 0.25) is 0 Å². The monoisotopic (exact) mass is 537 g/mol. The first-order chi connectivity index (χ1) is 19.9. The molecule has 0 radical (unpaired) electrons. The highest BCUT2D eigenvalue weighted by Crippen LogP contribution is 2.50. The van der Waals surface area contributed by atoms with Gasteiger partial charge in [-0.05, 0) is 68.8 Å². The molecule has 6 rings (SSSR count). The van der Waals surface area contributed by atoms with Crippen molar-refractivity contribution in [3.8, 4) is 44.5 Å². The Hall–Kier alpha value is -3.98. The molecule has 0 saturated carbocycles. The Morgan fingerprint density at radius 1 is 0.585 bits per heavy atom. The van der Waals surface area contributed by atoms with E-state index in [1.807, 2.05) is 0 Å². The lowest BCUT2D eigenvalue weighted by Gasteiger charge is -2.48. The van der Waals surface area contributed by atoms with Gasteiger partial charge in [-0.15, -0.1) is 0 Å². The summed E-state index contributed by atoms with van der Waals surface area (Å²) < 4.78 is 0.794. The fourth-order valence-electron chi connectivity index (χ4n) is 7.17. The van der Waals surface area contributed by atoms with Gasteiger partial charge in [0.1, 0.15) is 17.4 Å². The molecule has 5 aromatic carbocycles. The van der Waals surface area contributed by atoms with Crippen molar-refractivity contribution >= 4 is 5.69 Å². The van der Waals surface area contributed by atoms with Gasteiger partial charge in [0, 0.05) is 37.8 Å². The lowest BCUT2D eigenvalue weighted by molar-refractivity contribution is 0.0958. The van der Waals surface area contributed by atoms with Crippen LogP contribution in [0.15, 0.2) is 121 Å². The van der Waals surface area contributed by atoms with Crippen LogP contribution in [0.1, 0.15) is 39.2 Å². The molecule has 2 heteroatoms. The summed E-state index contributed by atoms with van der Waals surface area (Å²) in [4.78, 5) is 0. The predicted octanol–water partition coefficient (Wildman–Crippen LogP) is 9.71. The van der Waals surface area contributed by atoms with Crippen molar-refractivity contribution in [1.82, 2.24) is 4.48 Å². The lowest BCUT2D eigenvalue weighted by atomic mass is 9.86. The molecule has 0 aromatic heterocycles. The zero-order valence-corrected chi connectivity index (χ0v) is 24.8. The molecule has 2 unspecified atom stereocenters. The number of hydrogen-bond donors (Lipinski definition) is 1. The predicted molar refractivity (Wildman–Crippen MR) is 177 cm³/mol. The molecule has 0 fully saturated rings. The number of benzene rings is 5. The van der Waals surface area contributed by atoms with Crippen LogP contribution in [-0.4, -0.2) is 18.8 Å². The van der Waals surface area contributed by atoms with Crippen LogP contribution in [0.5, 0.6) is 0 Å². The van der Waals surface area contributed by atoms with Crippen LogP contribution in [0.25, 0.3) is 44.5 Å². The minimum absolute atomic E-state index is 0.0230. The maximum Gasteiger partial charge on any atom is 0.142 e. The topological polar surface area (TPSA) is 26.0 Å². The first-order valence-corrected chi connectivity index (χ1v) is 15.0.